The first kappa shape index (κ1) is 32.3. The van der Waals surface area contributed by atoms with E-state index in [1.165, 1.54) is 37.3 Å². The standard InChI is InChI=1S/C32H34Cl2F2O6S/c1-5-27(40)42-32(28(41)43-15-25(38)17-6-7-22(33)23(34)11-17)16(2)10-19-20-13-24(35)21-12-18(37)8-9-29(21,3)31(20,36)26(39)14-30(19,32)4/h6-9,11-12,16,19-20,24,26,39H,5,10,13-15H2,1-4H3/t16-,19+,20+,24+,26+,29+,30+,31+,32+/m1/s1. The maximum atomic E-state index is 17.6. The SMILES string of the molecule is CCC(=O)O[C@]1(C(=O)SCC(=O)c2ccc(Cl)c(Cl)c2)[C@H](C)C[C@H]2[C@@H]3C[C@H](F)C4=CC(=O)C=C[C@]4(C)[C@@]3(F)[C@@H](O)C[C@@]21C. The Balaban J connectivity index is 1.53. The molecule has 4 aliphatic carbocycles. The molecule has 1 aromatic carbocycles. The van der Waals surface area contributed by atoms with Gasteiger partial charge in [-0.1, -0.05) is 61.8 Å². The first-order valence-electron chi connectivity index (χ1n) is 14.4. The van der Waals surface area contributed by atoms with Gasteiger partial charge in [0.1, 0.15) is 6.17 Å². The molecule has 3 saturated carbocycles. The van der Waals surface area contributed by atoms with E-state index in [-0.39, 0.29) is 52.6 Å². The largest absolute Gasteiger partial charge is 0.449 e. The van der Waals surface area contributed by atoms with Gasteiger partial charge in [0, 0.05) is 34.7 Å². The van der Waals surface area contributed by atoms with Crippen LogP contribution in [-0.4, -0.2) is 57.1 Å². The van der Waals surface area contributed by atoms with Crippen LogP contribution >= 0.6 is 35.0 Å². The van der Waals surface area contributed by atoms with Gasteiger partial charge >= 0.3 is 5.97 Å². The highest BCUT2D eigenvalue weighted by Crippen LogP contribution is 2.72. The molecule has 0 radical (unpaired) electrons. The molecule has 0 bridgehead atoms. The third-order valence-electron chi connectivity index (χ3n) is 10.6. The summed E-state index contributed by atoms with van der Waals surface area (Å²) in [5, 5.41) is 11.5. The van der Waals surface area contributed by atoms with Gasteiger partial charge in [-0.05, 0) is 68.0 Å². The number of esters is 1. The average molecular weight is 656 g/mol. The van der Waals surface area contributed by atoms with Gasteiger partial charge in [0.15, 0.2) is 22.8 Å². The first-order chi connectivity index (χ1) is 20.1. The Labute approximate surface area is 263 Å². The number of carbonyl (C=O) groups is 4. The number of hydrogen-bond donors (Lipinski definition) is 1. The number of Topliss-reactive ketones (excluding diaryl/α,β-unsaturated/α-hetero) is 1. The van der Waals surface area contributed by atoms with Crippen LogP contribution in [-0.2, 0) is 19.1 Å². The molecule has 1 aromatic rings. The Morgan fingerprint density at radius 1 is 1.14 bits per heavy atom. The number of aliphatic hydroxyl groups is 1. The van der Waals surface area contributed by atoms with Crippen LogP contribution < -0.4 is 0 Å². The molecule has 0 aromatic heterocycles. The number of allylic oxidation sites excluding steroid dienone is 4. The third-order valence-corrected chi connectivity index (χ3v) is 12.3. The van der Waals surface area contributed by atoms with Gasteiger partial charge in [-0.25, -0.2) is 8.78 Å². The Hall–Kier alpha value is -2.07. The van der Waals surface area contributed by atoms with Gasteiger partial charge in [-0.15, -0.1) is 0 Å². The lowest BCUT2D eigenvalue weighted by Crippen LogP contribution is -2.70. The molecule has 5 rings (SSSR count). The molecule has 11 heteroatoms. The van der Waals surface area contributed by atoms with Crippen molar-refractivity contribution in [1.29, 1.82) is 0 Å². The van der Waals surface area contributed by atoms with Gasteiger partial charge in [0.05, 0.1) is 21.9 Å². The van der Waals surface area contributed by atoms with Crippen LogP contribution in [0.25, 0.3) is 0 Å². The summed E-state index contributed by atoms with van der Waals surface area (Å²) in [5.74, 6) is -4.10. The zero-order chi connectivity index (χ0) is 31.7. The highest BCUT2D eigenvalue weighted by atomic mass is 35.5. The van der Waals surface area contributed by atoms with Crippen molar-refractivity contribution >= 4 is 57.6 Å². The number of halogens is 4. The topological polar surface area (TPSA) is 97.7 Å². The van der Waals surface area contributed by atoms with Crippen LogP contribution in [0.2, 0.25) is 10.0 Å². The third kappa shape index (κ3) is 4.59. The molecule has 6 nitrogen and oxygen atoms in total. The van der Waals surface area contributed by atoms with Crippen molar-refractivity contribution < 1.29 is 37.8 Å². The number of hydrogen-bond acceptors (Lipinski definition) is 7. The molecule has 1 N–H and O–H groups in total. The smallest absolute Gasteiger partial charge is 0.306 e. The molecular formula is C32H34Cl2F2O6S. The maximum absolute atomic E-state index is 17.6. The Morgan fingerprint density at radius 3 is 2.49 bits per heavy atom. The Kier molecular flexibility index (Phi) is 8.32. The number of fused-ring (bicyclic) bond motifs is 5. The number of ketones is 2. The van der Waals surface area contributed by atoms with E-state index in [4.69, 9.17) is 27.9 Å². The fraction of sp³-hybridized carbons (Fsp3) is 0.562. The fourth-order valence-electron chi connectivity index (χ4n) is 8.46. The molecular weight excluding hydrogens is 621 g/mol. The van der Waals surface area contributed by atoms with Gasteiger partial charge < -0.3 is 9.84 Å². The number of rotatable bonds is 6. The molecule has 0 aliphatic heterocycles. The van der Waals surface area contributed by atoms with E-state index in [2.05, 4.69) is 0 Å². The minimum atomic E-state index is -2.34. The minimum Gasteiger partial charge on any atom is -0.449 e. The molecule has 43 heavy (non-hydrogen) atoms. The van der Waals surface area contributed by atoms with Crippen molar-refractivity contribution in [2.75, 3.05) is 5.75 Å². The van der Waals surface area contributed by atoms with E-state index in [0.29, 0.717) is 11.8 Å². The number of alkyl halides is 2. The lowest BCUT2D eigenvalue weighted by Gasteiger charge is -2.63. The molecule has 9 atom stereocenters. The molecule has 0 unspecified atom stereocenters. The normalized spacial score (nSPS) is 39.8. The monoisotopic (exact) mass is 654 g/mol. The number of ether oxygens (including phenoxy) is 1. The predicted molar refractivity (Wildman–Crippen MR) is 161 cm³/mol. The summed E-state index contributed by atoms with van der Waals surface area (Å²) >= 11 is 12.7. The van der Waals surface area contributed by atoms with Gasteiger partial charge in [0.2, 0.25) is 5.12 Å². The molecule has 4 aliphatic rings. The van der Waals surface area contributed by atoms with Crippen molar-refractivity contribution in [2.24, 2.45) is 28.6 Å². The fourth-order valence-corrected chi connectivity index (χ4v) is 9.88. The van der Waals surface area contributed by atoms with Gasteiger partial charge in [-0.3, -0.25) is 19.2 Å². The summed E-state index contributed by atoms with van der Waals surface area (Å²) in [6.45, 7) is 6.53. The highest BCUT2D eigenvalue weighted by molar-refractivity contribution is 8.14. The Bertz CT molecular complexity index is 1460. The lowest BCUT2D eigenvalue weighted by molar-refractivity contribution is -0.228. The molecule has 3 fully saturated rings. The van der Waals surface area contributed by atoms with Crippen LogP contribution in [0, 0.1) is 28.6 Å². The van der Waals surface area contributed by atoms with E-state index < -0.39 is 74.8 Å². The van der Waals surface area contributed by atoms with Crippen LogP contribution in [0.15, 0.2) is 42.0 Å². The predicted octanol–water partition coefficient (Wildman–Crippen LogP) is 6.69. The summed E-state index contributed by atoms with van der Waals surface area (Å²) in [6, 6.07) is 4.38. The second-order valence-corrected chi connectivity index (χ2v) is 14.5. The second kappa shape index (κ2) is 11.1. The second-order valence-electron chi connectivity index (χ2n) is 12.7. The number of thioether (sulfide) groups is 1. The summed E-state index contributed by atoms with van der Waals surface area (Å²) < 4.78 is 39.4. The van der Waals surface area contributed by atoms with Crippen molar-refractivity contribution in [3.8, 4) is 0 Å². The maximum Gasteiger partial charge on any atom is 0.306 e. The molecule has 0 amide bonds. The van der Waals surface area contributed by atoms with Crippen LogP contribution in [0.4, 0.5) is 8.78 Å². The molecule has 232 valence electrons. The van der Waals surface area contributed by atoms with E-state index >= 15 is 8.78 Å². The summed E-state index contributed by atoms with van der Waals surface area (Å²) in [5.41, 5.74) is -6.75. The lowest BCUT2D eigenvalue weighted by atomic mass is 9.44. The zero-order valence-electron chi connectivity index (χ0n) is 24.3. The quantitative estimate of drug-likeness (QED) is 0.269. The van der Waals surface area contributed by atoms with Crippen molar-refractivity contribution in [3.05, 3.63) is 57.6 Å². The summed E-state index contributed by atoms with van der Waals surface area (Å²) in [7, 11) is 0. The summed E-state index contributed by atoms with van der Waals surface area (Å²) in [4.78, 5) is 52.3. The van der Waals surface area contributed by atoms with Crippen LogP contribution in [0.5, 0.6) is 0 Å². The van der Waals surface area contributed by atoms with Crippen LogP contribution in [0.1, 0.15) is 63.7 Å². The van der Waals surface area contributed by atoms with E-state index in [0.717, 1.165) is 6.08 Å². The van der Waals surface area contributed by atoms with E-state index in [1.54, 1.807) is 20.8 Å². The van der Waals surface area contributed by atoms with Crippen molar-refractivity contribution in [3.63, 3.8) is 0 Å². The van der Waals surface area contributed by atoms with E-state index in [9.17, 15) is 24.3 Å². The Morgan fingerprint density at radius 2 is 1.84 bits per heavy atom. The van der Waals surface area contributed by atoms with Gasteiger partial charge in [0.25, 0.3) is 0 Å². The minimum absolute atomic E-state index is 0.00331. The molecule has 0 saturated heterocycles. The van der Waals surface area contributed by atoms with Gasteiger partial charge in [-0.2, -0.15) is 0 Å². The highest BCUT2D eigenvalue weighted by Gasteiger charge is 2.78. The molecule has 0 spiro atoms. The van der Waals surface area contributed by atoms with Crippen molar-refractivity contribution in [1.82, 2.24) is 0 Å². The van der Waals surface area contributed by atoms with E-state index in [1.807, 2.05) is 0 Å². The van der Waals surface area contributed by atoms with Crippen molar-refractivity contribution in [2.45, 2.75) is 76.9 Å². The average Bonchev–Trinajstić information content (AvgIpc) is 3.17. The zero-order valence-corrected chi connectivity index (χ0v) is 26.6. The number of carbonyl (C=O) groups excluding carboxylic acids is 4. The number of benzene rings is 1. The summed E-state index contributed by atoms with van der Waals surface area (Å²) in [6.07, 6.45) is 0.0267. The first-order valence-corrected chi connectivity index (χ1v) is 16.1. The van der Waals surface area contributed by atoms with Crippen LogP contribution in [0.3, 0.4) is 0 Å². The number of aliphatic hydroxyl groups excluding tert-OH is 1. The molecule has 0 heterocycles.